The maximum absolute atomic E-state index is 12.3. The molecule has 2 heterocycles. The lowest BCUT2D eigenvalue weighted by Gasteiger charge is -2.17. The van der Waals surface area contributed by atoms with Crippen molar-refractivity contribution in [3.63, 3.8) is 0 Å². The first-order valence-electron chi connectivity index (χ1n) is 5.85. The van der Waals surface area contributed by atoms with E-state index in [-0.39, 0.29) is 5.91 Å². The number of nitrogens with zero attached hydrogens (tertiary/aromatic N) is 3. The molecule has 2 aromatic rings. The highest BCUT2D eigenvalue weighted by atomic mass is 35.5. The van der Waals surface area contributed by atoms with Crippen LogP contribution in [0.25, 0.3) is 0 Å². The Morgan fingerprint density at radius 1 is 1.32 bits per heavy atom. The first-order valence-corrected chi connectivity index (χ1v) is 6.22. The van der Waals surface area contributed by atoms with Crippen molar-refractivity contribution in [3.05, 3.63) is 58.6 Å². The van der Waals surface area contributed by atoms with Crippen LogP contribution in [-0.2, 0) is 6.54 Å². The van der Waals surface area contributed by atoms with E-state index in [4.69, 9.17) is 11.6 Å². The van der Waals surface area contributed by atoms with E-state index in [0.29, 0.717) is 17.3 Å². The third-order valence-electron chi connectivity index (χ3n) is 2.68. The molecular formula is C14H14ClN3O. The average molecular weight is 276 g/mol. The summed E-state index contributed by atoms with van der Waals surface area (Å²) < 4.78 is 0. The zero-order valence-electron chi connectivity index (χ0n) is 10.8. The molecule has 0 aliphatic carbocycles. The third kappa shape index (κ3) is 3.51. The number of pyridine rings is 2. The molecule has 0 N–H and O–H groups in total. The van der Waals surface area contributed by atoms with Crippen LogP contribution in [0.2, 0.25) is 5.15 Å². The molecule has 0 bridgehead atoms. The van der Waals surface area contributed by atoms with Crippen LogP contribution in [0.5, 0.6) is 0 Å². The molecule has 0 saturated carbocycles. The number of hydrogen-bond donors (Lipinski definition) is 0. The first kappa shape index (κ1) is 13.5. The van der Waals surface area contributed by atoms with E-state index in [2.05, 4.69) is 9.97 Å². The molecular weight excluding hydrogens is 262 g/mol. The van der Waals surface area contributed by atoms with Crippen LogP contribution < -0.4 is 0 Å². The van der Waals surface area contributed by atoms with Crippen LogP contribution in [0.15, 0.2) is 36.7 Å². The Morgan fingerprint density at radius 2 is 2.00 bits per heavy atom. The molecule has 0 fully saturated rings. The molecule has 0 aliphatic heterocycles. The van der Waals surface area contributed by atoms with Crippen molar-refractivity contribution in [3.8, 4) is 0 Å². The molecule has 0 aromatic carbocycles. The lowest BCUT2D eigenvalue weighted by Crippen LogP contribution is -2.26. The molecule has 19 heavy (non-hydrogen) atoms. The minimum absolute atomic E-state index is 0.0794. The predicted octanol–water partition coefficient (Wildman–Crippen LogP) is 2.71. The molecule has 0 radical (unpaired) electrons. The van der Waals surface area contributed by atoms with E-state index >= 15 is 0 Å². The summed E-state index contributed by atoms with van der Waals surface area (Å²) in [5, 5.41) is 0.334. The third-order valence-corrected chi connectivity index (χ3v) is 2.88. The average Bonchev–Trinajstić information content (AvgIpc) is 2.37. The number of halogens is 1. The monoisotopic (exact) mass is 275 g/mol. The summed E-state index contributed by atoms with van der Waals surface area (Å²) in [5.41, 5.74) is 2.31. The van der Waals surface area contributed by atoms with Crippen molar-refractivity contribution in [2.75, 3.05) is 7.05 Å². The van der Waals surface area contributed by atoms with Gasteiger partial charge in [-0.05, 0) is 36.8 Å². The van der Waals surface area contributed by atoms with Gasteiger partial charge in [-0.1, -0.05) is 11.6 Å². The van der Waals surface area contributed by atoms with E-state index in [0.717, 1.165) is 11.3 Å². The molecule has 0 unspecified atom stereocenters. The molecule has 1 amide bonds. The van der Waals surface area contributed by atoms with Gasteiger partial charge in [0.15, 0.2) is 0 Å². The maximum atomic E-state index is 12.3. The Bertz CT molecular complexity index is 566. The van der Waals surface area contributed by atoms with Crippen molar-refractivity contribution < 1.29 is 4.79 Å². The van der Waals surface area contributed by atoms with Crippen molar-refractivity contribution in [2.24, 2.45) is 0 Å². The Morgan fingerprint density at radius 3 is 2.63 bits per heavy atom. The van der Waals surface area contributed by atoms with Crippen molar-refractivity contribution >= 4 is 17.5 Å². The van der Waals surface area contributed by atoms with E-state index in [9.17, 15) is 4.79 Å². The second-order valence-electron chi connectivity index (χ2n) is 4.34. The molecule has 0 spiro atoms. The molecule has 5 heteroatoms. The van der Waals surface area contributed by atoms with Gasteiger partial charge in [-0.15, -0.1) is 0 Å². The Hall–Kier alpha value is -1.94. The molecule has 2 rings (SSSR count). The van der Waals surface area contributed by atoms with E-state index in [1.807, 2.05) is 19.1 Å². The fraction of sp³-hybridized carbons (Fsp3) is 0.214. The normalized spacial score (nSPS) is 10.3. The fourth-order valence-electron chi connectivity index (χ4n) is 1.81. The van der Waals surface area contributed by atoms with Crippen LogP contribution in [0.4, 0.5) is 0 Å². The maximum Gasteiger partial charge on any atom is 0.254 e. The summed E-state index contributed by atoms with van der Waals surface area (Å²) in [7, 11) is 1.76. The zero-order chi connectivity index (χ0) is 13.8. The highest BCUT2D eigenvalue weighted by Gasteiger charge is 2.13. The molecule has 0 aliphatic rings. The number of carbonyl (C=O) groups is 1. The second kappa shape index (κ2) is 5.80. The van der Waals surface area contributed by atoms with Gasteiger partial charge in [-0.25, -0.2) is 4.98 Å². The van der Waals surface area contributed by atoms with Crippen molar-refractivity contribution in [1.29, 1.82) is 0 Å². The van der Waals surface area contributed by atoms with Crippen LogP contribution >= 0.6 is 11.6 Å². The number of amides is 1. The van der Waals surface area contributed by atoms with Gasteiger partial charge < -0.3 is 4.90 Å². The second-order valence-corrected chi connectivity index (χ2v) is 4.72. The molecule has 0 saturated heterocycles. The zero-order valence-corrected chi connectivity index (χ0v) is 11.6. The fourth-order valence-corrected chi connectivity index (χ4v) is 2.06. The van der Waals surface area contributed by atoms with Gasteiger partial charge in [0.05, 0.1) is 0 Å². The molecule has 2 aromatic heterocycles. The molecule has 0 atom stereocenters. The van der Waals surface area contributed by atoms with Gasteiger partial charge in [-0.3, -0.25) is 9.78 Å². The summed E-state index contributed by atoms with van der Waals surface area (Å²) in [4.78, 5) is 21.9. The largest absolute Gasteiger partial charge is 0.337 e. The first-order chi connectivity index (χ1) is 9.06. The Labute approximate surface area is 117 Å². The Kier molecular flexibility index (Phi) is 4.12. The van der Waals surface area contributed by atoms with Gasteiger partial charge >= 0.3 is 0 Å². The van der Waals surface area contributed by atoms with Crippen molar-refractivity contribution in [1.82, 2.24) is 14.9 Å². The SMILES string of the molecule is Cc1cc(C(=O)N(C)Cc2ccncc2)cc(Cl)n1. The van der Waals surface area contributed by atoms with Crippen LogP contribution in [0.3, 0.4) is 0 Å². The van der Waals surface area contributed by atoms with Gasteiger partial charge in [0.2, 0.25) is 0 Å². The minimum Gasteiger partial charge on any atom is -0.337 e. The van der Waals surface area contributed by atoms with Crippen LogP contribution in [-0.4, -0.2) is 27.8 Å². The highest BCUT2D eigenvalue weighted by Crippen LogP contribution is 2.13. The lowest BCUT2D eigenvalue weighted by molar-refractivity contribution is 0.0785. The smallest absolute Gasteiger partial charge is 0.254 e. The van der Waals surface area contributed by atoms with Gasteiger partial charge in [0.1, 0.15) is 5.15 Å². The Balaban J connectivity index is 2.15. The van der Waals surface area contributed by atoms with E-state index in [1.165, 1.54) is 0 Å². The van der Waals surface area contributed by atoms with Crippen LogP contribution in [0, 0.1) is 6.92 Å². The lowest BCUT2D eigenvalue weighted by atomic mass is 10.2. The van der Waals surface area contributed by atoms with Gasteiger partial charge in [0.25, 0.3) is 5.91 Å². The van der Waals surface area contributed by atoms with E-state index in [1.54, 1.807) is 36.5 Å². The van der Waals surface area contributed by atoms with E-state index < -0.39 is 0 Å². The predicted molar refractivity (Wildman–Crippen MR) is 74.0 cm³/mol. The topological polar surface area (TPSA) is 46.1 Å². The summed E-state index contributed by atoms with van der Waals surface area (Å²) in [6, 6.07) is 7.08. The number of carbonyl (C=O) groups excluding carboxylic acids is 1. The number of rotatable bonds is 3. The van der Waals surface area contributed by atoms with Crippen molar-refractivity contribution in [2.45, 2.75) is 13.5 Å². The molecule has 4 nitrogen and oxygen atoms in total. The summed E-state index contributed by atoms with van der Waals surface area (Å²) in [6.07, 6.45) is 3.42. The summed E-state index contributed by atoms with van der Waals surface area (Å²) >= 11 is 5.87. The number of aryl methyl sites for hydroxylation is 1. The molecule has 98 valence electrons. The standard InChI is InChI=1S/C14H14ClN3O/c1-10-7-12(8-13(15)17-10)14(19)18(2)9-11-3-5-16-6-4-11/h3-8H,9H2,1-2H3. The van der Waals surface area contributed by atoms with Gasteiger partial charge in [0, 0.05) is 37.2 Å². The summed E-state index contributed by atoms with van der Waals surface area (Å²) in [6.45, 7) is 2.34. The number of hydrogen-bond acceptors (Lipinski definition) is 3. The van der Waals surface area contributed by atoms with Gasteiger partial charge in [-0.2, -0.15) is 0 Å². The minimum atomic E-state index is -0.0794. The summed E-state index contributed by atoms with van der Waals surface area (Å²) in [5.74, 6) is -0.0794. The highest BCUT2D eigenvalue weighted by molar-refractivity contribution is 6.29. The van der Waals surface area contributed by atoms with Crippen LogP contribution in [0.1, 0.15) is 21.6 Å². The quantitative estimate of drug-likeness (QED) is 0.809. The number of aromatic nitrogens is 2.